The summed E-state index contributed by atoms with van der Waals surface area (Å²) in [6.07, 6.45) is 1.96. The van der Waals surface area contributed by atoms with Crippen LogP contribution in [0.4, 0.5) is 11.9 Å². The molecule has 0 amide bonds. The molecule has 1 saturated heterocycles. The van der Waals surface area contributed by atoms with E-state index in [9.17, 15) is 0 Å². The first-order valence-electron chi connectivity index (χ1n) is 7.39. The number of rotatable bonds is 7. The van der Waals surface area contributed by atoms with Crippen molar-refractivity contribution >= 4 is 11.9 Å². The molecule has 3 N–H and O–H groups in total. The lowest BCUT2D eigenvalue weighted by atomic mass is 10.3. The Labute approximate surface area is 119 Å². The number of aromatic nitrogens is 3. The van der Waals surface area contributed by atoms with Crippen molar-refractivity contribution < 1.29 is 4.74 Å². The fourth-order valence-electron chi connectivity index (χ4n) is 1.90. The van der Waals surface area contributed by atoms with Gasteiger partial charge in [-0.3, -0.25) is 0 Å². The first kappa shape index (κ1) is 14.9. The van der Waals surface area contributed by atoms with E-state index in [0.717, 1.165) is 39.0 Å². The van der Waals surface area contributed by atoms with E-state index in [2.05, 4.69) is 44.7 Å². The molecule has 112 valence electrons. The van der Waals surface area contributed by atoms with E-state index in [4.69, 9.17) is 4.74 Å². The van der Waals surface area contributed by atoms with Crippen molar-refractivity contribution in [3.8, 4) is 0 Å². The minimum atomic E-state index is -0.101. The number of nitrogens with one attached hydrogen (secondary N) is 3. The fourth-order valence-corrected chi connectivity index (χ4v) is 1.90. The van der Waals surface area contributed by atoms with Crippen LogP contribution in [0.1, 0.15) is 38.6 Å². The van der Waals surface area contributed by atoms with Gasteiger partial charge in [-0.25, -0.2) is 0 Å². The normalized spacial score (nSPS) is 18.8. The monoisotopic (exact) mass is 280 g/mol. The quantitative estimate of drug-likeness (QED) is 0.691. The van der Waals surface area contributed by atoms with Gasteiger partial charge in [-0.2, -0.15) is 15.0 Å². The molecular weight excluding hydrogens is 256 g/mol. The summed E-state index contributed by atoms with van der Waals surface area (Å²) in [4.78, 5) is 13.3. The number of ether oxygens (including phenoxy) is 1. The standard InChI is InChI=1S/C13H24N6O/c1-3-5-15-12-17-11(10-9-14-7-8-20-10)18-13(19-12)16-6-4-2/h10,14H,3-9H2,1-2H3,(H2,15,16,17,18,19). The minimum absolute atomic E-state index is 0.101. The van der Waals surface area contributed by atoms with Crippen LogP contribution >= 0.6 is 0 Å². The average Bonchev–Trinajstić information content (AvgIpc) is 2.51. The van der Waals surface area contributed by atoms with E-state index in [1.165, 1.54) is 0 Å². The van der Waals surface area contributed by atoms with Crippen LogP contribution in [0.3, 0.4) is 0 Å². The largest absolute Gasteiger partial charge is 0.368 e. The molecule has 1 aromatic rings. The third-order valence-electron chi connectivity index (χ3n) is 2.93. The van der Waals surface area contributed by atoms with Crippen molar-refractivity contribution in [3.05, 3.63) is 5.82 Å². The van der Waals surface area contributed by atoms with Crippen molar-refractivity contribution in [2.45, 2.75) is 32.8 Å². The maximum absolute atomic E-state index is 5.71. The Balaban J connectivity index is 2.14. The molecule has 20 heavy (non-hydrogen) atoms. The number of nitrogens with zero attached hydrogens (tertiary/aromatic N) is 3. The number of hydrogen-bond donors (Lipinski definition) is 3. The zero-order valence-corrected chi connectivity index (χ0v) is 12.3. The summed E-state index contributed by atoms with van der Waals surface area (Å²) in [5.74, 6) is 1.92. The summed E-state index contributed by atoms with van der Waals surface area (Å²) in [5.41, 5.74) is 0. The third kappa shape index (κ3) is 4.28. The van der Waals surface area contributed by atoms with Gasteiger partial charge in [0.15, 0.2) is 5.82 Å². The van der Waals surface area contributed by atoms with Crippen LogP contribution in [-0.2, 0) is 4.74 Å². The molecule has 1 aliphatic rings. The zero-order valence-electron chi connectivity index (χ0n) is 12.3. The van der Waals surface area contributed by atoms with Crippen LogP contribution in [0.2, 0.25) is 0 Å². The summed E-state index contributed by atoms with van der Waals surface area (Å²) in [5, 5.41) is 9.72. The maximum atomic E-state index is 5.71. The summed E-state index contributed by atoms with van der Waals surface area (Å²) in [6, 6.07) is 0. The van der Waals surface area contributed by atoms with Gasteiger partial charge in [0.1, 0.15) is 6.10 Å². The second kappa shape index (κ2) is 7.96. The van der Waals surface area contributed by atoms with Gasteiger partial charge in [0.2, 0.25) is 11.9 Å². The molecule has 1 atom stereocenters. The van der Waals surface area contributed by atoms with Crippen molar-refractivity contribution in [1.82, 2.24) is 20.3 Å². The fraction of sp³-hybridized carbons (Fsp3) is 0.769. The highest BCUT2D eigenvalue weighted by molar-refractivity contribution is 5.34. The highest BCUT2D eigenvalue weighted by Crippen LogP contribution is 2.17. The molecule has 0 radical (unpaired) electrons. The van der Waals surface area contributed by atoms with Gasteiger partial charge in [-0.1, -0.05) is 13.8 Å². The van der Waals surface area contributed by atoms with Crippen molar-refractivity contribution in [2.24, 2.45) is 0 Å². The molecule has 7 nitrogen and oxygen atoms in total. The van der Waals surface area contributed by atoms with Crippen LogP contribution in [0, 0.1) is 0 Å². The molecule has 0 bridgehead atoms. The molecule has 0 saturated carbocycles. The van der Waals surface area contributed by atoms with Gasteiger partial charge < -0.3 is 20.7 Å². The molecule has 1 fully saturated rings. The molecule has 0 aromatic carbocycles. The number of hydrogen-bond acceptors (Lipinski definition) is 7. The van der Waals surface area contributed by atoms with Gasteiger partial charge in [0.05, 0.1) is 6.61 Å². The lowest BCUT2D eigenvalue weighted by Crippen LogP contribution is -2.34. The zero-order chi connectivity index (χ0) is 14.2. The second-order valence-corrected chi connectivity index (χ2v) is 4.76. The predicted octanol–water partition coefficient (Wildman–Crippen LogP) is 1.18. The van der Waals surface area contributed by atoms with Crippen molar-refractivity contribution in [3.63, 3.8) is 0 Å². The summed E-state index contributed by atoms with van der Waals surface area (Å²) in [7, 11) is 0. The van der Waals surface area contributed by atoms with E-state index in [1.54, 1.807) is 0 Å². The Bertz CT molecular complexity index is 382. The van der Waals surface area contributed by atoms with Gasteiger partial charge in [-0.05, 0) is 12.8 Å². The molecule has 1 aliphatic heterocycles. The predicted molar refractivity (Wildman–Crippen MR) is 79.0 cm³/mol. The minimum Gasteiger partial charge on any atom is -0.368 e. The van der Waals surface area contributed by atoms with Crippen LogP contribution < -0.4 is 16.0 Å². The first-order valence-corrected chi connectivity index (χ1v) is 7.39. The highest BCUT2D eigenvalue weighted by Gasteiger charge is 2.20. The lowest BCUT2D eigenvalue weighted by Gasteiger charge is -2.23. The smallest absolute Gasteiger partial charge is 0.227 e. The molecule has 1 unspecified atom stereocenters. The van der Waals surface area contributed by atoms with Crippen LogP contribution in [0.25, 0.3) is 0 Å². The Hall–Kier alpha value is -1.47. The Morgan fingerprint density at radius 3 is 2.25 bits per heavy atom. The van der Waals surface area contributed by atoms with Crippen molar-refractivity contribution in [1.29, 1.82) is 0 Å². The first-order chi connectivity index (χ1) is 9.83. The summed E-state index contributed by atoms with van der Waals surface area (Å²) in [6.45, 7) is 8.22. The molecule has 0 spiro atoms. The summed E-state index contributed by atoms with van der Waals surface area (Å²) >= 11 is 0. The maximum Gasteiger partial charge on any atom is 0.227 e. The van der Waals surface area contributed by atoms with Crippen LogP contribution in [0.15, 0.2) is 0 Å². The summed E-state index contributed by atoms with van der Waals surface area (Å²) < 4.78 is 5.71. The van der Waals surface area contributed by atoms with Crippen molar-refractivity contribution in [2.75, 3.05) is 43.4 Å². The van der Waals surface area contributed by atoms with E-state index in [0.29, 0.717) is 24.3 Å². The Morgan fingerprint density at radius 1 is 1.10 bits per heavy atom. The topological polar surface area (TPSA) is 84.0 Å². The molecule has 2 rings (SSSR count). The van der Waals surface area contributed by atoms with Gasteiger partial charge in [-0.15, -0.1) is 0 Å². The van der Waals surface area contributed by atoms with Gasteiger partial charge >= 0.3 is 0 Å². The van der Waals surface area contributed by atoms with Crippen LogP contribution in [-0.4, -0.2) is 47.7 Å². The average molecular weight is 280 g/mol. The van der Waals surface area contributed by atoms with E-state index in [-0.39, 0.29) is 6.10 Å². The van der Waals surface area contributed by atoms with E-state index in [1.807, 2.05) is 0 Å². The third-order valence-corrected chi connectivity index (χ3v) is 2.93. The van der Waals surface area contributed by atoms with Crippen LogP contribution in [0.5, 0.6) is 0 Å². The second-order valence-electron chi connectivity index (χ2n) is 4.76. The molecule has 1 aromatic heterocycles. The number of morpholine rings is 1. The SMILES string of the molecule is CCCNc1nc(NCCC)nc(C2CNCCO2)n1. The van der Waals surface area contributed by atoms with E-state index >= 15 is 0 Å². The highest BCUT2D eigenvalue weighted by atomic mass is 16.5. The van der Waals surface area contributed by atoms with Gasteiger partial charge in [0.25, 0.3) is 0 Å². The Morgan fingerprint density at radius 2 is 1.75 bits per heavy atom. The number of anilines is 2. The molecule has 7 heteroatoms. The van der Waals surface area contributed by atoms with Gasteiger partial charge in [0, 0.05) is 26.2 Å². The lowest BCUT2D eigenvalue weighted by molar-refractivity contribution is 0.0222. The van der Waals surface area contributed by atoms with E-state index < -0.39 is 0 Å². The molecule has 2 heterocycles. The molecule has 0 aliphatic carbocycles. The molecular formula is C13H24N6O. The Kier molecular flexibility index (Phi) is 5.94.